The topological polar surface area (TPSA) is 26.3 Å². The molecule has 2 heteroatoms. The Labute approximate surface area is 134 Å². The van der Waals surface area contributed by atoms with Crippen molar-refractivity contribution in [2.45, 2.75) is 65.4 Å². The lowest BCUT2D eigenvalue weighted by molar-refractivity contribution is -0.137. The minimum atomic E-state index is -0.222. The molecule has 0 N–H and O–H groups in total. The number of hydrogen-bond acceptors (Lipinski definition) is 2. The molecule has 22 heavy (non-hydrogen) atoms. The third kappa shape index (κ3) is 4.46. The van der Waals surface area contributed by atoms with Crippen molar-refractivity contribution in [2.24, 2.45) is 5.92 Å². The maximum atomic E-state index is 11.8. The van der Waals surface area contributed by atoms with Crippen molar-refractivity contribution < 1.29 is 9.53 Å². The molecule has 2 atom stereocenters. The van der Waals surface area contributed by atoms with Gasteiger partial charge >= 0.3 is 5.97 Å². The van der Waals surface area contributed by atoms with Crippen molar-refractivity contribution >= 4 is 5.97 Å². The van der Waals surface area contributed by atoms with Gasteiger partial charge in [0.1, 0.15) is 6.10 Å². The molecule has 2 nitrogen and oxygen atoms in total. The molecule has 0 aromatic rings. The molecule has 0 radical (unpaired) electrons. The second-order valence-electron chi connectivity index (χ2n) is 6.73. The van der Waals surface area contributed by atoms with Gasteiger partial charge in [-0.05, 0) is 65.4 Å². The zero-order chi connectivity index (χ0) is 16.1. The van der Waals surface area contributed by atoms with Crippen LogP contribution in [0.15, 0.2) is 47.1 Å². The molecule has 0 amide bonds. The van der Waals surface area contributed by atoms with E-state index < -0.39 is 0 Å². The summed E-state index contributed by atoms with van der Waals surface area (Å²) in [4.78, 5) is 11.8. The quantitative estimate of drug-likeness (QED) is 0.346. The Morgan fingerprint density at radius 1 is 1.00 bits per heavy atom. The van der Waals surface area contributed by atoms with Crippen LogP contribution in [0.2, 0.25) is 0 Å². The van der Waals surface area contributed by atoms with E-state index in [1.165, 1.54) is 16.7 Å². The average molecular weight is 300 g/mol. The van der Waals surface area contributed by atoms with Crippen LogP contribution in [0.5, 0.6) is 0 Å². The lowest BCUT2D eigenvalue weighted by Crippen LogP contribution is -2.14. The van der Waals surface area contributed by atoms with Crippen LogP contribution in [0, 0.1) is 5.92 Å². The number of carbonyl (C=O) groups excluding carboxylic acids is 1. The molecular formula is C20H28O2. The molecule has 0 aromatic heterocycles. The van der Waals surface area contributed by atoms with Crippen molar-refractivity contribution in [3.8, 4) is 0 Å². The first-order valence-corrected chi connectivity index (χ1v) is 8.35. The third-order valence-electron chi connectivity index (χ3n) is 4.71. The van der Waals surface area contributed by atoms with E-state index in [0.29, 0.717) is 5.57 Å². The molecule has 1 aliphatic carbocycles. The summed E-state index contributed by atoms with van der Waals surface area (Å²) in [5.41, 5.74) is 4.81. The molecular weight excluding hydrogens is 272 g/mol. The fourth-order valence-corrected chi connectivity index (χ4v) is 3.16. The van der Waals surface area contributed by atoms with E-state index in [1.807, 2.05) is 0 Å². The number of esters is 1. The van der Waals surface area contributed by atoms with Crippen LogP contribution < -0.4 is 0 Å². The normalized spacial score (nSPS) is 35.1. The first-order chi connectivity index (χ1) is 10.5. The number of carbonyl (C=O) groups is 1. The second kappa shape index (κ2) is 7.62. The highest BCUT2D eigenvalue weighted by Crippen LogP contribution is 2.33. The molecule has 2 aliphatic rings. The Hall–Kier alpha value is -1.57. The summed E-state index contributed by atoms with van der Waals surface area (Å²) in [6.07, 6.45) is 13.0. The largest absolute Gasteiger partial charge is 0.454 e. The van der Waals surface area contributed by atoms with E-state index in [-0.39, 0.29) is 18.0 Å². The van der Waals surface area contributed by atoms with Crippen LogP contribution in [0.25, 0.3) is 0 Å². The van der Waals surface area contributed by atoms with Gasteiger partial charge in [0.05, 0.1) is 0 Å². The van der Waals surface area contributed by atoms with Gasteiger partial charge in [0.2, 0.25) is 0 Å². The zero-order valence-electron chi connectivity index (χ0n) is 14.2. The molecule has 2 rings (SSSR count). The standard InChI is InChI=1S/C20H28O2/c1-14-7-5-9-15(2)11-12-18-17(4)20(21)22-19(18)13-16(3)10-6-8-14/h8-9,13,18-19H,4-7,10-12H2,1-3H3/b14-8+,15-9+,16-13+/t18-,19+/m1/s1. The van der Waals surface area contributed by atoms with Gasteiger partial charge < -0.3 is 4.74 Å². The Bertz CT molecular complexity index is 534. The fraction of sp³-hybridized carbons (Fsp3) is 0.550. The van der Waals surface area contributed by atoms with Crippen molar-refractivity contribution in [1.29, 1.82) is 0 Å². The first-order valence-electron chi connectivity index (χ1n) is 8.35. The highest BCUT2D eigenvalue weighted by Gasteiger charge is 2.36. The SMILES string of the molecule is C=C1C(=O)O[C@H]2/C=C(\C)CC/C=C(\C)CC/C=C(\C)CC[C@H]12. The Balaban J connectivity index is 2.19. The molecule has 1 fully saturated rings. The van der Waals surface area contributed by atoms with Gasteiger partial charge in [0.25, 0.3) is 0 Å². The van der Waals surface area contributed by atoms with Crippen molar-refractivity contribution in [2.75, 3.05) is 0 Å². The summed E-state index contributed by atoms with van der Waals surface area (Å²) in [6.45, 7) is 10.5. The predicted octanol–water partition coefficient (Wildman–Crippen LogP) is 5.28. The molecule has 1 saturated heterocycles. The summed E-state index contributed by atoms with van der Waals surface area (Å²) in [6, 6.07) is 0. The van der Waals surface area contributed by atoms with Crippen molar-refractivity contribution in [1.82, 2.24) is 0 Å². The summed E-state index contributed by atoms with van der Waals surface area (Å²) in [5, 5.41) is 0. The molecule has 0 spiro atoms. The molecule has 1 aliphatic heterocycles. The van der Waals surface area contributed by atoms with E-state index in [2.05, 4.69) is 45.6 Å². The number of rotatable bonds is 0. The minimum Gasteiger partial charge on any atom is -0.454 e. The van der Waals surface area contributed by atoms with Crippen LogP contribution in [-0.2, 0) is 9.53 Å². The maximum absolute atomic E-state index is 11.8. The summed E-state index contributed by atoms with van der Waals surface area (Å²) < 4.78 is 5.51. The molecule has 0 unspecified atom stereocenters. The van der Waals surface area contributed by atoms with Crippen LogP contribution in [-0.4, -0.2) is 12.1 Å². The predicted molar refractivity (Wildman–Crippen MR) is 91.5 cm³/mol. The van der Waals surface area contributed by atoms with E-state index >= 15 is 0 Å². The Morgan fingerprint density at radius 2 is 1.59 bits per heavy atom. The molecule has 1 heterocycles. The van der Waals surface area contributed by atoms with Crippen LogP contribution >= 0.6 is 0 Å². The lowest BCUT2D eigenvalue weighted by atomic mass is 9.89. The molecule has 0 saturated carbocycles. The Morgan fingerprint density at radius 3 is 2.27 bits per heavy atom. The van der Waals surface area contributed by atoms with Crippen LogP contribution in [0.4, 0.5) is 0 Å². The molecule has 120 valence electrons. The van der Waals surface area contributed by atoms with Gasteiger partial charge in [-0.2, -0.15) is 0 Å². The van der Waals surface area contributed by atoms with E-state index in [9.17, 15) is 4.79 Å². The summed E-state index contributed by atoms with van der Waals surface area (Å²) in [7, 11) is 0. The summed E-state index contributed by atoms with van der Waals surface area (Å²) >= 11 is 0. The highest BCUT2D eigenvalue weighted by molar-refractivity contribution is 5.91. The number of allylic oxidation sites excluding steroid dienone is 5. The number of hydrogen-bond donors (Lipinski definition) is 0. The van der Waals surface area contributed by atoms with Gasteiger partial charge in [-0.1, -0.05) is 35.5 Å². The third-order valence-corrected chi connectivity index (χ3v) is 4.71. The van der Waals surface area contributed by atoms with E-state index in [4.69, 9.17) is 4.74 Å². The smallest absolute Gasteiger partial charge is 0.334 e. The number of ether oxygens (including phenoxy) is 1. The molecule has 0 bridgehead atoms. The van der Waals surface area contributed by atoms with Gasteiger partial charge in [0, 0.05) is 11.5 Å². The zero-order valence-corrected chi connectivity index (χ0v) is 14.2. The fourth-order valence-electron chi connectivity index (χ4n) is 3.16. The minimum absolute atomic E-state index is 0.124. The van der Waals surface area contributed by atoms with Gasteiger partial charge in [-0.25, -0.2) is 4.79 Å². The van der Waals surface area contributed by atoms with E-state index in [0.717, 1.165) is 38.5 Å². The lowest BCUT2D eigenvalue weighted by Gasteiger charge is -2.16. The molecule has 0 aromatic carbocycles. The highest BCUT2D eigenvalue weighted by atomic mass is 16.5. The van der Waals surface area contributed by atoms with E-state index in [1.54, 1.807) is 0 Å². The monoisotopic (exact) mass is 300 g/mol. The average Bonchev–Trinajstić information content (AvgIpc) is 2.71. The van der Waals surface area contributed by atoms with Crippen LogP contribution in [0.1, 0.15) is 59.3 Å². The summed E-state index contributed by atoms with van der Waals surface area (Å²) in [5.74, 6) is -0.0910. The van der Waals surface area contributed by atoms with Gasteiger partial charge in [-0.3, -0.25) is 0 Å². The van der Waals surface area contributed by atoms with Gasteiger partial charge in [-0.15, -0.1) is 0 Å². The van der Waals surface area contributed by atoms with Crippen LogP contribution in [0.3, 0.4) is 0 Å². The van der Waals surface area contributed by atoms with Gasteiger partial charge in [0.15, 0.2) is 0 Å². The van der Waals surface area contributed by atoms with Crippen molar-refractivity contribution in [3.63, 3.8) is 0 Å². The first kappa shape index (κ1) is 16.8. The van der Waals surface area contributed by atoms with Crippen molar-refractivity contribution in [3.05, 3.63) is 47.1 Å². The second-order valence-corrected chi connectivity index (χ2v) is 6.73. The maximum Gasteiger partial charge on any atom is 0.334 e. The Kier molecular flexibility index (Phi) is 5.82. The number of fused-ring (bicyclic) bond motifs is 1.